The maximum absolute atomic E-state index is 11.1. The molecule has 0 heterocycles. The minimum atomic E-state index is -0.130. The van der Waals surface area contributed by atoms with Crippen LogP contribution in [-0.4, -0.2) is 5.91 Å². The van der Waals surface area contributed by atoms with E-state index >= 15 is 0 Å². The molecule has 0 aliphatic heterocycles. The predicted octanol–water partition coefficient (Wildman–Crippen LogP) is 2.57. The predicted molar refractivity (Wildman–Crippen MR) is 56.2 cm³/mol. The molecule has 0 saturated carbocycles. The Labute approximate surface area is 81.9 Å². The lowest BCUT2D eigenvalue weighted by Crippen LogP contribution is -2.25. The molecule has 0 radical (unpaired) electrons. The lowest BCUT2D eigenvalue weighted by molar-refractivity contribution is -0.122. The third kappa shape index (κ3) is 6.62. The smallest absolute Gasteiger partial charge is 0.220 e. The van der Waals surface area contributed by atoms with E-state index in [9.17, 15) is 4.79 Å². The maximum Gasteiger partial charge on any atom is 0.220 e. The quantitative estimate of drug-likeness (QED) is 0.679. The number of rotatable bonds is 6. The van der Waals surface area contributed by atoms with Gasteiger partial charge in [0.05, 0.1) is 0 Å². The zero-order chi connectivity index (χ0) is 10.4. The summed E-state index contributed by atoms with van der Waals surface area (Å²) in [5.74, 6) is 1.18. The summed E-state index contributed by atoms with van der Waals surface area (Å²) in [6, 6.07) is 0. The van der Waals surface area contributed by atoms with E-state index in [4.69, 9.17) is 5.73 Å². The molecule has 2 N–H and O–H groups in total. The first kappa shape index (κ1) is 12.5. The molecular weight excluding hydrogens is 162 g/mol. The molecule has 0 aromatic rings. The minimum absolute atomic E-state index is 0.0856. The van der Waals surface area contributed by atoms with Crippen molar-refractivity contribution in [1.82, 2.24) is 0 Å². The summed E-state index contributed by atoms with van der Waals surface area (Å²) in [6.07, 6.45) is 2.98. The van der Waals surface area contributed by atoms with Crippen LogP contribution in [0.5, 0.6) is 0 Å². The van der Waals surface area contributed by atoms with Gasteiger partial charge in [-0.1, -0.05) is 34.1 Å². The third-order valence-electron chi connectivity index (χ3n) is 2.25. The fraction of sp³-hybridized carbons (Fsp3) is 0.909. The number of hydrogen-bond donors (Lipinski definition) is 1. The Kier molecular flexibility index (Phi) is 5.76. The SMILES string of the molecule is CC(C)CCC(CC(C)C)C(N)=O. The van der Waals surface area contributed by atoms with E-state index in [2.05, 4.69) is 27.7 Å². The first-order valence-electron chi connectivity index (χ1n) is 5.22. The highest BCUT2D eigenvalue weighted by Gasteiger charge is 2.16. The molecule has 1 unspecified atom stereocenters. The highest BCUT2D eigenvalue weighted by molar-refractivity contribution is 5.76. The largest absolute Gasteiger partial charge is 0.369 e. The zero-order valence-corrected chi connectivity index (χ0v) is 9.34. The van der Waals surface area contributed by atoms with Gasteiger partial charge in [0.2, 0.25) is 5.91 Å². The number of primary amides is 1. The number of amides is 1. The molecule has 13 heavy (non-hydrogen) atoms. The summed E-state index contributed by atoms with van der Waals surface area (Å²) in [5, 5.41) is 0. The van der Waals surface area contributed by atoms with Crippen molar-refractivity contribution in [2.75, 3.05) is 0 Å². The fourth-order valence-electron chi connectivity index (χ4n) is 1.48. The molecule has 1 atom stereocenters. The maximum atomic E-state index is 11.1. The third-order valence-corrected chi connectivity index (χ3v) is 2.25. The fourth-order valence-corrected chi connectivity index (χ4v) is 1.48. The molecule has 0 spiro atoms. The summed E-state index contributed by atoms with van der Waals surface area (Å²) in [6.45, 7) is 8.61. The standard InChI is InChI=1S/C11H23NO/c1-8(2)5-6-10(11(12)13)7-9(3)4/h8-10H,5-7H2,1-4H3,(H2,12,13). The van der Waals surface area contributed by atoms with E-state index in [1.54, 1.807) is 0 Å². The van der Waals surface area contributed by atoms with Crippen LogP contribution in [0.1, 0.15) is 47.0 Å². The van der Waals surface area contributed by atoms with E-state index in [0.717, 1.165) is 19.3 Å². The van der Waals surface area contributed by atoms with Crippen LogP contribution >= 0.6 is 0 Å². The molecule has 1 amide bonds. The number of carbonyl (C=O) groups excluding carboxylic acids is 1. The van der Waals surface area contributed by atoms with Crippen molar-refractivity contribution in [3.8, 4) is 0 Å². The number of carbonyl (C=O) groups is 1. The molecule has 0 aliphatic carbocycles. The molecule has 0 fully saturated rings. The highest BCUT2D eigenvalue weighted by Crippen LogP contribution is 2.19. The average Bonchev–Trinajstić information content (AvgIpc) is 1.96. The van der Waals surface area contributed by atoms with E-state index in [1.807, 2.05) is 0 Å². The van der Waals surface area contributed by atoms with Crippen molar-refractivity contribution >= 4 is 5.91 Å². The van der Waals surface area contributed by atoms with Gasteiger partial charge in [0.1, 0.15) is 0 Å². The molecule has 0 aromatic heterocycles. The second kappa shape index (κ2) is 6.01. The number of nitrogens with two attached hydrogens (primary N) is 1. The van der Waals surface area contributed by atoms with E-state index in [-0.39, 0.29) is 11.8 Å². The molecule has 0 bridgehead atoms. The molecule has 78 valence electrons. The van der Waals surface area contributed by atoms with Gasteiger partial charge in [-0.15, -0.1) is 0 Å². The van der Waals surface area contributed by atoms with Crippen LogP contribution in [0.3, 0.4) is 0 Å². The Morgan fingerprint density at radius 3 is 1.92 bits per heavy atom. The van der Waals surface area contributed by atoms with Gasteiger partial charge in [-0.2, -0.15) is 0 Å². The Bertz CT molecular complexity index is 152. The first-order valence-corrected chi connectivity index (χ1v) is 5.22. The Balaban J connectivity index is 3.88. The minimum Gasteiger partial charge on any atom is -0.369 e. The lowest BCUT2D eigenvalue weighted by atomic mass is 9.90. The summed E-state index contributed by atoms with van der Waals surface area (Å²) < 4.78 is 0. The van der Waals surface area contributed by atoms with Gasteiger partial charge in [0, 0.05) is 5.92 Å². The van der Waals surface area contributed by atoms with Crippen molar-refractivity contribution < 1.29 is 4.79 Å². The molecule has 0 saturated heterocycles. The van der Waals surface area contributed by atoms with E-state index < -0.39 is 0 Å². The van der Waals surface area contributed by atoms with Crippen LogP contribution in [0.15, 0.2) is 0 Å². The van der Waals surface area contributed by atoms with Gasteiger partial charge in [0.15, 0.2) is 0 Å². The van der Waals surface area contributed by atoms with Crippen LogP contribution in [0.2, 0.25) is 0 Å². The molecular formula is C11H23NO. The Hall–Kier alpha value is -0.530. The van der Waals surface area contributed by atoms with Gasteiger partial charge in [-0.3, -0.25) is 4.79 Å². The zero-order valence-electron chi connectivity index (χ0n) is 9.34. The van der Waals surface area contributed by atoms with Crippen LogP contribution in [0.25, 0.3) is 0 Å². The van der Waals surface area contributed by atoms with Gasteiger partial charge in [-0.05, 0) is 24.7 Å². The van der Waals surface area contributed by atoms with Crippen molar-refractivity contribution in [2.45, 2.75) is 47.0 Å². The molecule has 0 aromatic carbocycles. The van der Waals surface area contributed by atoms with E-state index in [1.165, 1.54) is 0 Å². The molecule has 0 rings (SSSR count). The second-order valence-corrected chi connectivity index (χ2v) is 4.70. The van der Waals surface area contributed by atoms with Crippen molar-refractivity contribution in [3.05, 3.63) is 0 Å². The summed E-state index contributed by atoms with van der Waals surface area (Å²) in [7, 11) is 0. The molecule has 2 nitrogen and oxygen atoms in total. The van der Waals surface area contributed by atoms with Crippen LogP contribution in [0.4, 0.5) is 0 Å². The van der Waals surface area contributed by atoms with Crippen molar-refractivity contribution in [1.29, 1.82) is 0 Å². The Morgan fingerprint density at radius 2 is 1.62 bits per heavy atom. The van der Waals surface area contributed by atoms with Gasteiger partial charge >= 0.3 is 0 Å². The lowest BCUT2D eigenvalue weighted by Gasteiger charge is -2.16. The average molecular weight is 185 g/mol. The summed E-state index contributed by atoms with van der Waals surface area (Å²) in [5.41, 5.74) is 5.33. The highest BCUT2D eigenvalue weighted by atomic mass is 16.1. The molecule has 0 aliphatic rings. The summed E-state index contributed by atoms with van der Waals surface area (Å²) >= 11 is 0. The Morgan fingerprint density at radius 1 is 1.08 bits per heavy atom. The van der Waals surface area contributed by atoms with Crippen molar-refractivity contribution in [3.63, 3.8) is 0 Å². The second-order valence-electron chi connectivity index (χ2n) is 4.70. The van der Waals surface area contributed by atoms with Gasteiger partial charge < -0.3 is 5.73 Å². The molecule has 2 heteroatoms. The van der Waals surface area contributed by atoms with Gasteiger partial charge in [0.25, 0.3) is 0 Å². The van der Waals surface area contributed by atoms with Crippen LogP contribution < -0.4 is 5.73 Å². The van der Waals surface area contributed by atoms with Crippen LogP contribution in [-0.2, 0) is 4.79 Å². The monoisotopic (exact) mass is 185 g/mol. The summed E-state index contributed by atoms with van der Waals surface area (Å²) in [4.78, 5) is 11.1. The van der Waals surface area contributed by atoms with Gasteiger partial charge in [-0.25, -0.2) is 0 Å². The first-order chi connectivity index (χ1) is 5.93. The van der Waals surface area contributed by atoms with Crippen LogP contribution in [0, 0.1) is 17.8 Å². The topological polar surface area (TPSA) is 43.1 Å². The van der Waals surface area contributed by atoms with Crippen molar-refractivity contribution in [2.24, 2.45) is 23.5 Å². The number of hydrogen-bond acceptors (Lipinski definition) is 1. The normalized spacial score (nSPS) is 13.7. The van der Waals surface area contributed by atoms with E-state index in [0.29, 0.717) is 11.8 Å².